The second kappa shape index (κ2) is 10.1. The molecule has 8 heteroatoms. The van der Waals surface area contributed by atoms with Gasteiger partial charge in [-0.3, -0.25) is 0 Å². The number of imidazole rings is 1. The molecule has 182 valence electrons. The predicted molar refractivity (Wildman–Crippen MR) is 132 cm³/mol. The van der Waals surface area contributed by atoms with Crippen molar-refractivity contribution in [2.45, 2.75) is 32.2 Å². The average Bonchev–Trinajstić information content (AvgIpc) is 3.18. The number of methoxy groups -OCH3 is 1. The molecule has 0 fully saturated rings. The standard InChI is InChI=1S/C27H27F2N3O3/c1-27(28,29)22-8-4-3-7-20(22)17-32-24-14-11-19(25(33)34)16-23(24)31-26(32)30-15-5-6-18-9-12-21(35-2)13-10-18/h3-4,7-14,16H,5-6,15,17H2,1-2H3,(H,30,31)(H,33,34). The number of alkyl halides is 2. The van der Waals surface area contributed by atoms with Gasteiger partial charge in [-0.2, -0.15) is 0 Å². The third-order valence-corrected chi connectivity index (χ3v) is 5.90. The van der Waals surface area contributed by atoms with Crippen LogP contribution in [0.2, 0.25) is 0 Å². The molecule has 0 saturated heterocycles. The summed E-state index contributed by atoms with van der Waals surface area (Å²) >= 11 is 0. The molecule has 0 saturated carbocycles. The number of aryl methyl sites for hydroxylation is 1. The van der Waals surface area contributed by atoms with Crippen LogP contribution in [0.4, 0.5) is 14.7 Å². The van der Waals surface area contributed by atoms with Crippen LogP contribution < -0.4 is 10.1 Å². The van der Waals surface area contributed by atoms with Crippen LogP contribution in [0.25, 0.3) is 11.0 Å². The van der Waals surface area contributed by atoms with E-state index in [1.807, 2.05) is 28.8 Å². The molecule has 0 atom stereocenters. The molecule has 4 rings (SSSR count). The van der Waals surface area contributed by atoms with E-state index in [2.05, 4.69) is 10.3 Å². The normalized spacial score (nSPS) is 11.5. The summed E-state index contributed by atoms with van der Waals surface area (Å²) in [6, 6.07) is 19.0. The van der Waals surface area contributed by atoms with E-state index in [0.717, 1.165) is 25.5 Å². The van der Waals surface area contributed by atoms with Crippen LogP contribution in [0.5, 0.6) is 5.75 Å². The largest absolute Gasteiger partial charge is 0.497 e. The minimum atomic E-state index is -2.99. The van der Waals surface area contributed by atoms with Crippen molar-refractivity contribution in [1.82, 2.24) is 9.55 Å². The number of hydrogen-bond acceptors (Lipinski definition) is 4. The van der Waals surface area contributed by atoms with Crippen molar-refractivity contribution in [3.8, 4) is 5.75 Å². The van der Waals surface area contributed by atoms with E-state index in [-0.39, 0.29) is 17.7 Å². The molecule has 0 unspecified atom stereocenters. The van der Waals surface area contributed by atoms with Crippen molar-refractivity contribution in [2.24, 2.45) is 0 Å². The molecule has 0 radical (unpaired) electrons. The van der Waals surface area contributed by atoms with Gasteiger partial charge in [-0.25, -0.2) is 18.6 Å². The molecule has 35 heavy (non-hydrogen) atoms. The lowest BCUT2D eigenvalue weighted by Gasteiger charge is -2.18. The molecule has 6 nitrogen and oxygen atoms in total. The average molecular weight is 480 g/mol. The van der Waals surface area contributed by atoms with Crippen molar-refractivity contribution in [2.75, 3.05) is 19.0 Å². The van der Waals surface area contributed by atoms with Gasteiger partial charge < -0.3 is 19.7 Å². The molecule has 0 amide bonds. The van der Waals surface area contributed by atoms with Gasteiger partial charge in [0.25, 0.3) is 5.92 Å². The Bertz CT molecular complexity index is 1330. The van der Waals surface area contributed by atoms with E-state index >= 15 is 0 Å². The Morgan fingerprint density at radius 3 is 2.54 bits per heavy atom. The second-order valence-corrected chi connectivity index (χ2v) is 8.45. The van der Waals surface area contributed by atoms with Gasteiger partial charge in [0.2, 0.25) is 5.95 Å². The van der Waals surface area contributed by atoms with Crippen LogP contribution in [0.1, 0.15) is 40.4 Å². The zero-order valence-corrected chi connectivity index (χ0v) is 19.6. The third-order valence-electron chi connectivity index (χ3n) is 5.90. The first kappa shape index (κ1) is 24.2. The fourth-order valence-electron chi connectivity index (χ4n) is 4.10. The molecule has 3 aromatic carbocycles. The second-order valence-electron chi connectivity index (χ2n) is 8.45. The maximum Gasteiger partial charge on any atom is 0.335 e. The predicted octanol–water partition coefficient (Wildman–Crippen LogP) is 5.95. The summed E-state index contributed by atoms with van der Waals surface area (Å²) in [5.41, 5.74) is 2.88. The van der Waals surface area contributed by atoms with Gasteiger partial charge in [0, 0.05) is 19.0 Å². The number of halogens is 2. The van der Waals surface area contributed by atoms with Gasteiger partial charge in [-0.15, -0.1) is 0 Å². The van der Waals surface area contributed by atoms with Crippen molar-refractivity contribution < 1.29 is 23.4 Å². The Kier molecular flexibility index (Phi) is 7.00. The smallest absolute Gasteiger partial charge is 0.335 e. The lowest BCUT2D eigenvalue weighted by atomic mass is 10.0. The number of anilines is 1. The number of fused-ring (bicyclic) bond motifs is 1. The van der Waals surface area contributed by atoms with Gasteiger partial charge in [0.1, 0.15) is 5.75 Å². The number of benzene rings is 3. The van der Waals surface area contributed by atoms with Gasteiger partial charge in [0.05, 0.1) is 30.3 Å². The van der Waals surface area contributed by atoms with Crippen LogP contribution in [-0.4, -0.2) is 34.3 Å². The fraction of sp³-hybridized carbons (Fsp3) is 0.259. The lowest BCUT2D eigenvalue weighted by Crippen LogP contribution is -2.15. The Hall–Kier alpha value is -3.94. The molecular weight excluding hydrogens is 452 g/mol. The maximum absolute atomic E-state index is 14.2. The zero-order valence-electron chi connectivity index (χ0n) is 19.6. The van der Waals surface area contributed by atoms with Crippen molar-refractivity contribution in [1.29, 1.82) is 0 Å². The van der Waals surface area contributed by atoms with Crippen LogP contribution in [0, 0.1) is 0 Å². The van der Waals surface area contributed by atoms with Crippen LogP contribution in [-0.2, 0) is 18.9 Å². The number of carbonyl (C=O) groups is 1. The van der Waals surface area contributed by atoms with Gasteiger partial charge in [0.15, 0.2) is 0 Å². The quantitative estimate of drug-likeness (QED) is 0.275. The van der Waals surface area contributed by atoms with E-state index in [1.54, 1.807) is 31.4 Å². The van der Waals surface area contributed by atoms with Gasteiger partial charge >= 0.3 is 5.97 Å². The van der Waals surface area contributed by atoms with E-state index in [4.69, 9.17) is 4.74 Å². The molecule has 0 aliphatic carbocycles. The lowest BCUT2D eigenvalue weighted by molar-refractivity contribution is 0.0164. The summed E-state index contributed by atoms with van der Waals surface area (Å²) in [6.07, 6.45) is 1.66. The monoisotopic (exact) mass is 479 g/mol. The minimum absolute atomic E-state index is 0.0468. The Morgan fingerprint density at radius 2 is 1.86 bits per heavy atom. The first-order chi connectivity index (χ1) is 16.8. The van der Waals surface area contributed by atoms with Gasteiger partial charge in [-0.05, 0) is 54.3 Å². The number of nitrogens with one attached hydrogen (secondary N) is 1. The van der Waals surface area contributed by atoms with E-state index < -0.39 is 11.9 Å². The van der Waals surface area contributed by atoms with Crippen LogP contribution in [0.3, 0.4) is 0 Å². The maximum atomic E-state index is 14.2. The van der Waals surface area contributed by atoms with E-state index in [0.29, 0.717) is 29.1 Å². The summed E-state index contributed by atoms with van der Waals surface area (Å²) < 4.78 is 35.5. The molecule has 0 aliphatic rings. The SMILES string of the molecule is COc1ccc(CCCNc2nc3cc(C(=O)O)ccc3n2Cc2ccccc2C(C)(F)F)cc1. The van der Waals surface area contributed by atoms with Crippen molar-refractivity contribution >= 4 is 23.0 Å². The highest BCUT2D eigenvalue weighted by Gasteiger charge is 2.27. The first-order valence-corrected chi connectivity index (χ1v) is 11.3. The summed E-state index contributed by atoms with van der Waals surface area (Å²) in [6.45, 7) is 1.66. The molecule has 0 aliphatic heterocycles. The highest BCUT2D eigenvalue weighted by molar-refractivity contribution is 5.93. The molecule has 0 spiro atoms. The topological polar surface area (TPSA) is 76.4 Å². The minimum Gasteiger partial charge on any atom is -0.497 e. The molecule has 2 N–H and O–H groups in total. The molecule has 4 aromatic rings. The number of ether oxygens (including phenoxy) is 1. The number of hydrogen-bond donors (Lipinski definition) is 2. The first-order valence-electron chi connectivity index (χ1n) is 11.3. The number of nitrogens with zero attached hydrogens (tertiary/aromatic N) is 2. The van der Waals surface area contributed by atoms with Crippen molar-refractivity contribution in [3.05, 3.63) is 89.0 Å². The molecule has 0 bridgehead atoms. The highest BCUT2D eigenvalue weighted by Crippen LogP contribution is 2.32. The fourth-order valence-corrected chi connectivity index (χ4v) is 4.10. The molecule has 1 aromatic heterocycles. The summed E-state index contributed by atoms with van der Waals surface area (Å²) in [4.78, 5) is 16.0. The van der Waals surface area contributed by atoms with Crippen molar-refractivity contribution in [3.63, 3.8) is 0 Å². The number of aromatic carboxylic acids is 1. The van der Waals surface area contributed by atoms with Crippen LogP contribution >= 0.6 is 0 Å². The Labute approximate surface area is 202 Å². The van der Waals surface area contributed by atoms with Crippen LogP contribution in [0.15, 0.2) is 66.7 Å². The number of carboxylic acid groups (broad SMARTS) is 1. The van der Waals surface area contributed by atoms with E-state index in [9.17, 15) is 18.7 Å². The summed E-state index contributed by atoms with van der Waals surface area (Å²) in [7, 11) is 1.63. The molecular formula is C27H27F2N3O3. The third kappa shape index (κ3) is 5.59. The number of carboxylic acids is 1. The zero-order chi connectivity index (χ0) is 25.0. The number of rotatable bonds is 10. The Balaban J connectivity index is 1.59. The summed E-state index contributed by atoms with van der Waals surface area (Å²) in [5, 5.41) is 12.7. The molecule has 1 heterocycles. The highest BCUT2D eigenvalue weighted by atomic mass is 19.3. The van der Waals surface area contributed by atoms with E-state index in [1.165, 1.54) is 23.8 Å². The summed E-state index contributed by atoms with van der Waals surface area (Å²) in [5.74, 6) is -2.73. The Morgan fingerprint density at radius 1 is 1.11 bits per heavy atom. The number of aromatic nitrogens is 2. The van der Waals surface area contributed by atoms with Gasteiger partial charge in [-0.1, -0.05) is 36.4 Å².